The highest BCUT2D eigenvalue weighted by Crippen LogP contribution is 2.25. The molecule has 0 aliphatic heterocycles. The standard InChI is InChI=1S/C18H21FN2O3S/c1-4-10-25(23,24)21-17-7-5-6-16(13(17)3)20-18(22)14-8-9-15(19)12(2)11-14/h5-9,11,21H,4,10H2,1-3H3,(H,20,22). The second-order valence-corrected chi connectivity index (χ2v) is 7.66. The summed E-state index contributed by atoms with van der Waals surface area (Å²) < 4.78 is 39.7. The summed E-state index contributed by atoms with van der Waals surface area (Å²) >= 11 is 0. The van der Waals surface area contributed by atoms with Gasteiger partial charge in [0.15, 0.2) is 0 Å². The molecule has 0 aliphatic rings. The van der Waals surface area contributed by atoms with Crippen LogP contribution in [-0.4, -0.2) is 20.1 Å². The van der Waals surface area contributed by atoms with Gasteiger partial charge in [0.1, 0.15) is 5.82 Å². The van der Waals surface area contributed by atoms with Crippen LogP contribution in [0.1, 0.15) is 34.8 Å². The molecule has 0 saturated carbocycles. The molecule has 2 aromatic carbocycles. The fourth-order valence-electron chi connectivity index (χ4n) is 2.35. The fourth-order valence-corrected chi connectivity index (χ4v) is 3.55. The van der Waals surface area contributed by atoms with E-state index in [1.54, 1.807) is 39.0 Å². The first-order valence-electron chi connectivity index (χ1n) is 7.91. The van der Waals surface area contributed by atoms with Crippen molar-refractivity contribution in [3.63, 3.8) is 0 Å². The lowest BCUT2D eigenvalue weighted by atomic mass is 10.1. The van der Waals surface area contributed by atoms with E-state index in [0.29, 0.717) is 34.5 Å². The molecule has 0 atom stereocenters. The lowest BCUT2D eigenvalue weighted by Crippen LogP contribution is -2.18. The Morgan fingerprint density at radius 2 is 1.80 bits per heavy atom. The number of hydrogen-bond donors (Lipinski definition) is 2. The highest BCUT2D eigenvalue weighted by atomic mass is 32.2. The first-order chi connectivity index (χ1) is 11.7. The number of carbonyl (C=O) groups excluding carboxylic acids is 1. The van der Waals surface area contributed by atoms with E-state index in [1.807, 2.05) is 0 Å². The second-order valence-electron chi connectivity index (χ2n) is 5.82. The molecule has 0 saturated heterocycles. The molecular formula is C18H21FN2O3S. The molecule has 0 radical (unpaired) electrons. The summed E-state index contributed by atoms with van der Waals surface area (Å²) in [5.74, 6) is -0.738. The van der Waals surface area contributed by atoms with Gasteiger partial charge in [-0.3, -0.25) is 9.52 Å². The van der Waals surface area contributed by atoms with Crippen molar-refractivity contribution in [2.45, 2.75) is 27.2 Å². The van der Waals surface area contributed by atoms with Crippen molar-refractivity contribution < 1.29 is 17.6 Å². The summed E-state index contributed by atoms with van der Waals surface area (Å²) in [6.07, 6.45) is 0.509. The number of anilines is 2. The predicted molar refractivity (Wildman–Crippen MR) is 98.0 cm³/mol. The first kappa shape index (κ1) is 18.9. The Morgan fingerprint density at radius 3 is 2.44 bits per heavy atom. The largest absolute Gasteiger partial charge is 0.322 e. The van der Waals surface area contributed by atoms with Gasteiger partial charge in [0.25, 0.3) is 5.91 Å². The minimum atomic E-state index is -3.42. The SMILES string of the molecule is CCCS(=O)(=O)Nc1cccc(NC(=O)c2ccc(F)c(C)c2)c1C. The van der Waals surface area contributed by atoms with Crippen molar-refractivity contribution in [1.82, 2.24) is 0 Å². The van der Waals surface area contributed by atoms with Gasteiger partial charge in [-0.25, -0.2) is 12.8 Å². The van der Waals surface area contributed by atoms with E-state index in [-0.39, 0.29) is 17.5 Å². The average Bonchev–Trinajstić information content (AvgIpc) is 2.53. The number of aryl methyl sites for hydroxylation is 1. The third kappa shape index (κ3) is 4.79. The Hall–Kier alpha value is -2.41. The summed E-state index contributed by atoms with van der Waals surface area (Å²) in [6, 6.07) is 9.09. The van der Waals surface area contributed by atoms with Crippen LogP contribution in [0.15, 0.2) is 36.4 Å². The van der Waals surface area contributed by atoms with Crippen LogP contribution in [0.25, 0.3) is 0 Å². The Labute approximate surface area is 147 Å². The van der Waals surface area contributed by atoms with E-state index in [1.165, 1.54) is 18.2 Å². The van der Waals surface area contributed by atoms with E-state index < -0.39 is 10.0 Å². The Balaban J connectivity index is 2.24. The van der Waals surface area contributed by atoms with Gasteiger partial charge in [-0.1, -0.05) is 13.0 Å². The third-order valence-electron chi connectivity index (χ3n) is 3.74. The van der Waals surface area contributed by atoms with Crippen LogP contribution in [0.5, 0.6) is 0 Å². The fraction of sp³-hybridized carbons (Fsp3) is 0.278. The van der Waals surface area contributed by atoms with E-state index >= 15 is 0 Å². The second kappa shape index (κ2) is 7.65. The van der Waals surface area contributed by atoms with E-state index in [4.69, 9.17) is 0 Å². The maximum absolute atomic E-state index is 13.3. The van der Waals surface area contributed by atoms with Gasteiger partial charge in [0.05, 0.1) is 11.4 Å². The molecule has 5 nitrogen and oxygen atoms in total. The molecule has 2 aromatic rings. The smallest absolute Gasteiger partial charge is 0.255 e. The summed E-state index contributed by atoms with van der Waals surface area (Å²) in [5.41, 5.74) is 2.22. The number of amides is 1. The minimum Gasteiger partial charge on any atom is -0.322 e. The number of sulfonamides is 1. The highest BCUT2D eigenvalue weighted by molar-refractivity contribution is 7.92. The van der Waals surface area contributed by atoms with Gasteiger partial charge in [-0.05, 0) is 61.7 Å². The quantitative estimate of drug-likeness (QED) is 0.817. The van der Waals surface area contributed by atoms with Crippen molar-refractivity contribution >= 4 is 27.3 Å². The van der Waals surface area contributed by atoms with Crippen LogP contribution in [0.2, 0.25) is 0 Å². The molecule has 25 heavy (non-hydrogen) atoms. The van der Waals surface area contributed by atoms with Gasteiger partial charge in [-0.2, -0.15) is 0 Å². The van der Waals surface area contributed by atoms with Gasteiger partial charge in [0.2, 0.25) is 10.0 Å². The molecular weight excluding hydrogens is 343 g/mol. The summed E-state index contributed by atoms with van der Waals surface area (Å²) in [4.78, 5) is 12.4. The zero-order valence-corrected chi connectivity index (χ0v) is 15.2. The van der Waals surface area contributed by atoms with Crippen molar-refractivity contribution in [2.24, 2.45) is 0 Å². The van der Waals surface area contributed by atoms with E-state index in [9.17, 15) is 17.6 Å². The van der Waals surface area contributed by atoms with E-state index in [0.717, 1.165) is 0 Å². The maximum Gasteiger partial charge on any atom is 0.255 e. The maximum atomic E-state index is 13.3. The van der Waals surface area contributed by atoms with Gasteiger partial charge < -0.3 is 5.32 Å². The monoisotopic (exact) mass is 364 g/mol. The summed E-state index contributed by atoms with van der Waals surface area (Å²) in [7, 11) is -3.42. The number of rotatable bonds is 6. The van der Waals surface area contributed by atoms with Gasteiger partial charge >= 0.3 is 0 Å². The van der Waals surface area contributed by atoms with E-state index in [2.05, 4.69) is 10.0 Å². The molecule has 1 amide bonds. The van der Waals surface area contributed by atoms with Crippen LogP contribution in [0.3, 0.4) is 0 Å². The molecule has 0 aliphatic carbocycles. The molecule has 0 spiro atoms. The van der Waals surface area contributed by atoms with Crippen LogP contribution in [0.4, 0.5) is 15.8 Å². The van der Waals surface area contributed by atoms with Gasteiger partial charge in [0, 0.05) is 11.3 Å². The highest BCUT2D eigenvalue weighted by Gasteiger charge is 2.14. The molecule has 2 rings (SSSR count). The predicted octanol–water partition coefficient (Wildman–Crippen LogP) is 3.85. The van der Waals surface area contributed by atoms with Crippen molar-refractivity contribution in [3.05, 3.63) is 58.9 Å². The van der Waals surface area contributed by atoms with Crippen LogP contribution < -0.4 is 10.0 Å². The van der Waals surface area contributed by atoms with Crippen molar-refractivity contribution in [3.8, 4) is 0 Å². The van der Waals surface area contributed by atoms with Crippen molar-refractivity contribution in [2.75, 3.05) is 15.8 Å². The third-order valence-corrected chi connectivity index (χ3v) is 5.22. The normalized spacial score (nSPS) is 11.2. The van der Waals surface area contributed by atoms with Gasteiger partial charge in [-0.15, -0.1) is 0 Å². The molecule has 0 fully saturated rings. The van der Waals surface area contributed by atoms with Crippen molar-refractivity contribution in [1.29, 1.82) is 0 Å². The lowest BCUT2D eigenvalue weighted by molar-refractivity contribution is 0.102. The summed E-state index contributed by atoms with van der Waals surface area (Å²) in [5, 5.41) is 2.74. The first-order valence-corrected chi connectivity index (χ1v) is 9.56. The Bertz CT molecular complexity index is 895. The average molecular weight is 364 g/mol. The topological polar surface area (TPSA) is 75.3 Å². The zero-order chi connectivity index (χ0) is 18.6. The van der Waals surface area contributed by atoms with Crippen LogP contribution in [-0.2, 0) is 10.0 Å². The number of hydrogen-bond acceptors (Lipinski definition) is 3. The molecule has 2 N–H and O–H groups in total. The zero-order valence-electron chi connectivity index (χ0n) is 14.4. The number of nitrogens with one attached hydrogen (secondary N) is 2. The Morgan fingerprint density at radius 1 is 1.12 bits per heavy atom. The van der Waals surface area contributed by atoms with Crippen LogP contribution in [0, 0.1) is 19.7 Å². The molecule has 0 aromatic heterocycles. The molecule has 134 valence electrons. The molecule has 0 unspecified atom stereocenters. The number of halogens is 1. The number of benzene rings is 2. The summed E-state index contributed by atoms with van der Waals surface area (Å²) in [6.45, 7) is 5.09. The molecule has 7 heteroatoms. The Kier molecular flexibility index (Phi) is 5.79. The minimum absolute atomic E-state index is 0.0257. The molecule has 0 bridgehead atoms. The lowest BCUT2D eigenvalue weighted by Gasteiger charge is -2.14. The molecule has 0 heterocycles. The number of carbonyl (C=O) groups is 1. The van der Waals surface area contributed by atoms with Crippen LogP contribution >= 0.6 is 0 Å².